The van der Waals surface area contributed by atoms with E-state index in [1.165, 1.54) is 27.6 Å². The molecule has 1 amide bonds. The number of pyridine rings is 2. The van der Waals surface area contributed by atoms with E-state index in [9.17, 15) is 18.0 Å². The molecule has 3 aromatic heterocycles. The highest BCUT2D eigenvalue weighted by molar-refractivity contribution is 5.86. The van der Waals surface area contributed by atoms with E-state index in [1.54, 1.807) is 19.2 Å². The number of methoxy groups -OCH3 is 1. The highest BCUT2D eigenvalue weighted by atomic mass is 19.4. The maximum absolute atomic E-state index is 14.3. The monoisotopic (exact) mass is 544 g/mol. The third-order valence-corrected chi connectivity index (χ3v) is 6.61. The molecule has 5 rings (SSSR count). The number of hydrogen-bond acceptors (Lipinski definition) is 7. The van der Waals surface area contributed by atoms with Gasteiger partial charge in [-0.1, -0.05) is 24.3 Å². The molecule has 1 aliphatic rings. The number of amides is 1. The number of carbonyl (C=O) groups is 1. The molecule has 4 aromatic rings. The van der Waals surface area contributed by atoms with Crippen molar-refractivity contribution in [3.63, 3.8) is 0 Å². The molecule has 0 bridgehead atoms. The fourth-order valence-corrected chi connectivity index (χ4v) is 4.99. The largest absolute Gasteiger partial charge is 0.486 e. The number of alkyl halides is 3. The van der Waals surface area contributed by atoms with Crippen LogP contribution in [0.4, 0.5) is 18.0 Å². The molecule has 13 heteroatoms. The van der Waals surface area contributed by atoms with Crippen LogP contribution in [0.3, 0.4) is 0 Å². The second kappa shape index (κ2) is 10.7. The van der Waals surface area contributed by atoms with Gasteiger partial charge in [0, 0.05) is 37.8 Å². The molecule has 1 aromatic carbocycles. The molecule has 39 heavy (non-hydrogen) atoms. The summed E-state index contributed by atoms with van der Waals surface area (Å²) in [5.41, 5.74) is 1.35. The maximum atomic E-state index is 14.3. The highest BCUT2D eigenvalue weighted by Crippen LogP contribution is 2.40. The lowest BCUT2D eigenvalue weighted by molar-refractivity contribution is -0.184. The van der Waals surface area contributed by atoms with Crippen LogP contribution in [0.25, 0.3) is 28.1 Å². The summed E-state index contributed by atoms with van der Waals surface area (Å²) >= 11 is 0. The Labute approximate surface area is 221 Å². The van der Waals surface area contributed by atoms with Gasteiger partial charge < -0.3 is 19.9 Å². The Morgan fingerprint density at radius 3 is 2.77 bits per heavy atom. The third-order valence-electron chi connectivity index (χ3n) is 6.61. The van der Waals surface area contributed by atoms with E-state index in [0.29, 0.717) is 29.2 Å². The van der Waals surface area contributed by atoms with Crippen LogP contribution in [0.15, 0.2) is 48.7 Å². The van der Waals surface area contributed by atoms with Gasteiger partial charge in [-0.25, -0.2) is 9.78 Å². The van der Waals surface area contributed by atoms with Gasteiger partial charge in [-0.05, 0) is 37.1 Å². The molecule has 3 atom stereocenters. The summed E-state index contributed by atoms with van der Waals surface area (Å²) in [5.74, 6) is 0.824. The molecule has 2 N–H and O–H groups in total. The number of para-hydroxylation sites is 1. The number of fused-ring (bicyclic) bond motifs is 2. The van der Waals surface area contributed by atoms with Crippen molar-refractivity contribution in [1.29, 1.82) is 0 Å². The van der Waals surface area contributed by atoms with Crippen molar-refractivity contribution in [3.05, 3.63) is 54.2 Å². The number of carboxylic acid groups (broad SMARTS) is 1. The normalized spacial score (nSPS) is 17.9. The Balaban J connectivity index is 1.52. The minimum absolute atomic E-state index is 0.00905. The molecule has 0 saturated carbocycles. The van der Waals surface area contributed by atoms with Gasteiger partial charge in [0.2, 0.25) is 0 Å². The average molecular weight is 545 g/mol. The quantitative estimate of drug-likeness (QED) is 0.338. The number of hydrogen-bond donors (Lipinski definition) is 2. The van der Waals surface area contributed by atoms with Gasteiger partial charge in [-0.15, -0.1) is 10.2 Å². The second-order valence-corrected chi connectivity index (χ2v) is 9.50. The Morgan fingerprint density at radius 2 is 2.03 bits per heavy atom. The van der Waals surface area contributed by atoms with Crippen LogP contribution in [0.5, 0.6) is 5.75 Å². The molecule has 1 fully saturated rings. The van der Waals surface area contributed by atoms with Crippen molar-refractivity contribution in [3.8, 4) is 17.3 Å². The molecule has 1 saturated heterocycles. The standard InChI is InChI=1S/C26H27F3N6O4/c1-15(14-38-2)39-20-5-3-4-16-6-8-19(31-22(16)20)24-33-32-21-9-7-17(12-35(21)24)23(26(27,28)29)34-11-10-18(13-34)30-25(36)37/h3-9,12,15,18,23,30H,10-11,13-14H2,1-2H3,(H,36,37)/t15?,18?,23-/m1/s1. The zero-order chi connectivity index (χ0) is 27.7. The van der Waals surface area contributed by atoms with Gasteiger partial charge in [0.1, 0.15) is 29.1 Å². The zero-order valence-corrected chi connectivity index (χ0v) is 21.2. The molecule has 2 unspecified atom stereocenters. The van der Waals surface area contributed by atoms with Crippen LogP contribution in [-0.2, 0) is 4.74 Å². The molecular weight excluding hydrogens is 517 g/mol. The molecule has 1 aliphatic heterocycles. The Bertz CT molecular complexity index is 1490. The van der Waals surface area contributed by atoms with E-state index in [0.717, 1.165) is 5.39 Å². The predicted molar refractivity (Wildman–Crippen MR) is 136 cm³/mol. The number of halogens is 3. The van der Waals surface area contributed by atoms with Crippen LogP contribution in [0.2, 0.25) is 0 Å². The molecule has 0 spiro atoms. The number of rotatable bonds is 8. The van der Waals surface area contributed by atoms with E-state index in [-0.39, 0.29) is 37.0 Å². The summed E-state index contributed by atoms with van der Waals surface area (Å²) in [6.45, 7) is 2.30. The Kier molecular flexibility index (Phi) is 7.28. The van der Waals surface area contributed by atoms with Crippen molar-refractivity contribution in [2.45, 2.75) is 37.7 Å². The summed E-state index contributed by atoms with van der Waals surface area (Å²) in [6.07, 6.45) is -4.42. The van der Waals surface area contributed by atoms with Crippen molar-refractivity contribution in [2.75, 3.05) is 26.8 Å². The number of benzene rings is 1. The lowest BCUT2D eigenvalue weighted by atomic mass is 10.1. The van der Waals surface area contributed by atoms with Crippen molar-refractivity contribution in [1.82, 2.24) is 29.8 Å². The van der Waals surface area contributed by atoms with Crippen LogP contribution in [0.1, 0.15) is 24.9 Å². The molecule has 0 aliphatic carbocycles. The minimum atomic E-state index is -4.59. The van der Waals surface area contributed by atoms with Gasteiger partial charge in [0.15, 0.2) is 11.5 Å². The average Bonchev–Trinajstić information content (AvgIpc) is 3.50. The molecule has 206 valence electrons. The summed E-state index contributed by atoms with van der Waals surface area (Å²) in [5, 5.41) is 20.4. The first-order valence-corrected chi connectivity index (χ1v) is 12.3. The second-order valence-electron chi connectivity index (χ2n) is 9.50. The van der Waals surface area contributed by atoms with Crippen LogP contribution < -0.4 is 10.1 Å². The maximum Gasteiger partial charge on any atom is 0.408 e. The molecule has 4 heterocycles. The lowest BCUT2D eigenvalue weighted by Crippen LogP contribution is -2.40. The summed E-state index contributed by atoms with van der Waals surface area (Å²) < 4.78 is 55.6. The van der Waals surface area contributed by atoms with Gasteiger partial charge >= 0.3 is 12.3 Å². The highest BCUT2D eigenvalue weighted by Gasteiger charge is 2.47. The molecule has 0 radical (unpaired) electrons. The van der Waals surface area contributed by atoms with Crippen LogP contribution in [0, 0.1) is 0 Å². The van der Waals surface area contributed by atoms with E-state index in [4.69, 9.17) is 19.6 Å². The van der Waals surface area contributed by atoms with Crippen LogP contribution in [-0.4, -0.2) is 80.8 Å². The van der Waals surface area contributed by atoms with Gasteiger partial charge in [-0.2, -0.15) is 13.2 Å². The van der Waals surface area contributed by atoms with Gasteiger partial charge in [0.25, 0.3) is 0 Å². The first-order chi connectivity index (χ1) is 18.6. The third kappa shape index (κ3) is 5.59. The number of likely N-dealkylation sites (tertiary alicyclic amines) is 1. The Morgan fingerprint density at radius 1 is 1.21 bits per heavy atom. The first kappa shape index (κ1) is 26.6. The topological polar surface area (TPSA) is 114 Å². The predicted octanol–water partition coefficient (Wildman–Crippen LogP) is 4.30. The van der Waals surface area contributed by atoms with Crippen molar-refractivity contribution < 1.29 is 32.5 Å². The number of ether oxygens (including phenoxy) is 2. The zero-order valence-electron chi connectivity index (χ0n) is 21.2. The number of aromatic nitrogens is 4. The van der Waals surface area contributed by atoms with E-state index < -0.39 is 24.4 Å². The van der Waals surface area contributed by atoms with Crippen molar-refractivity contribution in [2.24, 2.45) is 0 Å². The smallest absolute Gasteiger partial charge is 0.408 e. The Hall–Kier alpha value is -3.97. The van der Waals surface area contributed by atoms with Gasteiger partial charge in [-0.3, -0.25) is 9.30 Å². The molecule has 10 nitrogen and oxygen atoms in total. The first-order valence-electron chi connectivity index (χ1n) is 12.3. The van der Waals surface area contributed by atoms with E-state index in [2.05, 4.69) is 15.5 Å². The summed E-state index contributed by atoms with van der Waals surface area (Å²) in [7, 11) is 1.59. The fraction of sp³-hybridized carbons (Fsp3) is 0.385. The SMILES string of the molecule is COCC(C)Oc1cccc2ccc(-c3nnc4ccc([C@@H](N5CCC(NC(=O)O)C5)C(F)(F)F)cn34)nc12. The van der Waals surface area contributed by atoms with Gasteiger partial charge in [0.05, 0.1) is 6.61 Å². The summed E-state index contributed by atoms with van der Waals surface area (Å²) in [6, 6.07) is 9.46. The van der Waals surface area contributed by atoms with Crippen molar-refractivity contribution >= 4 is 22.6 Å². The summed E-state index contributed by atoms with van der Waals surface area (Å²) in [4.78, 5) is 17.0. The minimum Gasteiger partial charge on any atom is -0.486 e. The fourth-order valence-electron chi connectivity index (χ4n) is 4.99. The van der Waals surface area contributed by atoms with E-state index in [1.807, 2.05) is 25.1 Å². The number of nitrogens with one attached hydrogen (secondary N) is 1. The van der Waals surface area contributed by atoms with Crippen LogP contribution >= 0.6 is 0 Å². The van der Waals surface area contributed by atoms with E-state index >= 15 is 0 Å². The molecular formula is C26H27F3N6O4. The lowest BCUT2D eigenvalue weighted by Gasteiger charge is -2.30. The number of nitrogens with zero attached hydrogens (tertiary/aromatic N) is 5.